The summed E-state index contributed by atoms with van der Waals surface area (Å²) in [6.07, 6.45) is 8.69. The van der Waals surface area contributed by atoms with Crippen molar-refractivity contribution in [2.75, 3.05) is 0 Å². The van der Waals surface area contributed by atoms with Crippen molar-refractivity contribution in [3.63, 3.8) is 0 Å². The van der Waals surface area contributed by atoms with E-state index in [0.29, 0.717) is 0 Å². The topological polar surface area (TPSA) is 16.6 Å². The van der Waals surface area contributed by atoms with Gasteiger partial charge in [-0.1, -0.05) is 12.8 Å². The molecule has 0 saturated heterocycles. The standard InChI is InChI=1S/C13H21NS/c1-11-8-9-15-13(11)10-14-12-6-4-2-3-5-7-12/h8-9,12,14H,2-7,10H2,1H3/p+1. The van der Waals surface area contributed by atoms with Crippen molar-refractivity contribution in [3.05, 3.63) is 21.9 Å². The van der Waals surface area contributed by atoms with Crippen molar-refractivity contribution in [1.29, 1.82) is 0 Å². The third-order valence-electron chi connectivity index (χ3n) is 3.50. The molecule has 2 N–H and O–H groups in total. The smallest absolute Gasteiger partial charge is 0.111 e. The van der Waals surface area contributed by atoms with Gasteiger partial charge >= 0.3 is 0 Å². The Morgan fingerprint density at radius 3 is 2.60 bits per heavy atom. The number of rotatable bonds is 3. The molecule has 1 aromatic rings. The van der Waals surface area contributed by atoms with E-state index in [1.165, 1.54) is 50.6 Å². The zero-order valence-electron chi connectivity index (χ0n) is 9.67. The van der Waals surface area contributed by atoms with Crippen LogP contribution >= 0.6 is 11.3 Å². The molecule has 1 aromatic heterocycles. The maximum absolute atomic E-state index is 2.57. The van der Waals surface area contributed by atoms with Gasteiger partial charge in [0, 0.05) is 0 Å². The summed E-state index contributed by atoms with van der Waals surface area (Å²) in [5, 5.41) is 4.79. The summed E-state index contributed by atoms with van der Waals surface area (Å²) in [7, 11) is 0. The molecule has 0 radical (unpaired) electrons. The highest BCUT2D eigenvalue weighted by Gasteiger charge is 2.15. The number of aryl methyl sites for hydroxylation is 1. The van der Waals surface area contributed by atoms with Gasteiger partial charge in [-0.05, 0) is 49.6 Å². The van der Waals surface area contributed by atoms with Gasteiger partial charge in [-0.3, -0.25) is 0 Å². The van der Waals surface area contributed by atoms with Crippen molar-refractivity contribution < 1.29 is 5.32 Å². The monoisotopic (exact) mass is 224 g/mol. The molecule has 0 amide bonds. The van der Waals surface area contributed by atoms with Crippen LogP contribution in [0.4, 0.5) is 0 Å². The molecule has 0 aliphatic heterocycles. The first-order valence-electron chi connectivity index (χ1n) is 6.22. The van der Waals surface area contributed by atoms with Crippen molar-refractivity contribution in [2.24, 2.45) is 0 Å². The Hall–Kier alpha value is -0.340. The number of nitrogens with two attached hydrogens (primary N) is 1. The van der Waals surface area contributed by atoms with Crippen molar-refractivity contribution in [2.45, 2.75) is 58.0 Å². The summed E-state index contributed by atoms with van der Waals surface area (Å²) in [4.78, 5) is 1.57. The molecule has 0 atom stereocenters. The summed E-state index contributed by atoms with van der Waals surface area (Å²) >= 11 is 1.91. The molecule has 0 aromatic carbocycles. The van der Waals surface area contributed by atoms with E-state index in [-0.39, 0.29) is 0 Å². The van der Waals surface area contributed by atoms with E-state index < -0.39 is 0 Å². The predicted octanol–water partition coefficient (Wildman–Crippen LogP) is 2.84. The molecular formula is C13H22NS+. The molecule has 1 aliphatic rings. The average Bonchev–Trinajstić information content (AvgIpc) is 2.53. The molecule has 0 unspecified atom stereocenters. The van der Waals surface area contributed by atoms with Gasteiger partial charge in [-0.2, -0.15) is 0 Å². The van der Waals surface area contributed by atoms with Crippen LogP contribution in [0.25, 0.3) is 0 Å². The largest absolute Gasteiger partial charge is 0.339 e. The van der Waals surface area contributed by atoms with E-state index in [4.69, 9.17) is 0 Å². The lowest BCUT2D eigenvalue weighted by Crippen LogP contribution is -2.88. The van der Waals surface area contributed by atoms with E-state index in [2.05, 4.69) is 23.7 Å². The normalized spacial score (nSPS) is 19.0. The zero-order chi connectivity index (χ0) is 10.5. The number of hydrogen-bond donors (Lipinski definition) is 1. The maximum Gasteiger partial charge on any atom is 0.111 e. The van der Waals surface area contributed by atoms with Crippen LogP contribution in [0.2, 0.25) is 0 Å². The van der Waals surface area contributed by atoms with E-state index in [1.807, 2.05) is 11.3 Å². The second-order valence-corrected chi connectivity index (χ2v) is 5.72. The third-order valence-corrected chi connectivity index (χ3v) is 4.55. The fourth-order valence-corrected chi connectivity index (χ4v) is 3.32. The summed E-state index contributed by atoms with van der Waals surface area (Å²) in [6, 6.07) is 3.13. The molecule has 2 heteroatoms. The first-order valence-corrected chi connectivity index (χ1v) is 7.10. The second kappa shape index (κ2) is 5.66. The number of hydrogen-bond acceptors (Lipinski definition) is 1. The molecule has 1 saturated carbocycles. The zero-order valence-corrected chi connectivity index (χ0v) is 10.5. The first kappa shape index (κ1) is 11.2. The van der Waals surface area contributed by atoms with Crippen molar-refractivity contribution >= 4 is 11.3 Å². The predicted molar refractivity (Wildman–Crippen MR) is 66.2 cm³/mol. The molecular weight excluding hydrogens is 202 g/mol. The molecule has 1 aliphatic carbocycles. The lowest BCUT2D eigenvalue weighted by atomic mass is 10.1. The highest BCUT2D eigenvalue weighted by Crippen LogP contribution is 2.16. The summed E-state index contributed by atoms with van der Waals surface area (Å²) in [5.41, 5.74) is 1.48. The quantitative estimate of drug-likeness (QED) is 0.760. The lowest BCUT2D eigenvalue weighted by Gasteiger charge is -2.12. The fraction of sp³-hybridized carbons (Fsp3) is 0.692. The highest BCUT2D eigenvalue weighted by atomic mass is 32.1. The molecule has 1 heterocycles. The van der Waals surface area contributed by atoms with E-state index >= 15 is 0 Å². The van der Waals surface area contributed by atoms with Crippen LogP contribution in [0, 0.1) is 6.92 Å². The highest BCUT2D eigenvalue weighted by molar-refractivity contribution is 7.10. The number of quaternary nitrogens is 1. The Labute approximate surface area is 96.9 Å². The first-order chi connectivity index (χ1) is 7.36. The molecule has 0 bridgehead atoms. The minimum Gasteiger partial charge on any atom is -0.339 e. The Kier molecular flexibility index (Phi) is 4.21. The van der Waals surface area contributed by atoms with Crippen LogP contribution in [0.1, 0.15) is 49.0 Å². The fourth-order valence-electron chi connectivity index (χ4n) is 2.43. The van der Waals surface area contributed by atoms with Crippen LogP contribution < -0.4 is 5.32 Å². The van der Waals surface area contributed by atoms with Gasteiger partial charge in [0.1, 0.15) is 6.54 Å². The van der Waals surface area contributed by atoms with E-state index in [0.717, 1.165) is 6.04 Å². The third kappa shape index (κ3) is 3.32. The Balaban J connectivity index is 1.79. The van der Waals surface area contributed by atoms with Crippen LogP contribution in [0.5, 0.6) is 0 Å². The minimum absolute atomic E-state index is 0.897. The van der Waals surface area contributed by atoms with Gasteiger partial charge in [-0.15, -0.1) is 11.3 Å². The Bertz CT molecular complexity index is 284. The minimum atomic E-state index is 0.897. The summed E-state index contributed by atoms with van der Waals surface area (Å²) < 4.78 is 0. The number of thiophene rings is 1. The van der Waals surface area contributed by atoms with Gasteiger partial charge < -0.3 is 5.32 Å². The van der Waals surface area contributed by atoms with Crippen LogP contribution in [0.15, 0.2) is 11.4 Å². The van der Waals surface area contributed by atoms with Gasteiger partial charge in [0.25, 0.3) is 0 Å². The van der Waals surface area contributed by atoms with Gasteiger partial charge in [0.05, 0.1) is 10.9 Å². The van der Waals surface area contributed by atoms with Crippen LogP contribution in [0.3, 0.4) is 0 Å². The molecule has 84 valence electrons. The maximum atomic E-state index is 2.57. The molecule has 2 rings (SSSR count). The van der Waals surface area contributed by atoms with Gasteiger partial charge in [0.2, 0.25) is 0 Å². The average molecular weight is 224 g/mol. The van der Waals surface area contributed by atoms with Crippen molar-refractivity contribution in [3.8, 4) is 0 Å². The summed E-state index contributed by atoms with van der Waals surface area (Å²) in [5.74, 6) is 0. The van der Waals surface area contributed by atoms with E-state index in [9.17, 15) is 0 Å². The van der Waals surface area contributed by atoms with Gasteiger partial charge in [-0.25, -0.2) is 0 Å². The molecule has 0 spiro atoms. The second-order valence-electron chi connectivity index (χ2n) is 4.72. The molecule has 1 nitrogen and oxygen atoms in total. The Morgan fingerprint density at radius 2 is 2.00 bits per heavy atom. The van der Waals surface area contributed by atoms with Crippen molar-refractivity contribution in [1.82, 2.24) is 0 Å². The lowest BCUT2D eigenvalue weighted by molar-refractivity contribution is -0.705. The Morgan fingerprint density at radius 1 is 1.27 bits per heavy atom. The van der Waals surface area contributed by atoms with E-state index in [1.54, 1.807) is 4.88 Å². The van der Waals surface area contributed by atoms with Crippen LogP contribution in [-0.2, 0) is 6.54 Å². The van der Waals surface area contributed by atoms with Crippen LogP contribution in [-0.4, -0.2) is 6.04 Å². The SMILES string of the molecule is Cc1ccsc1C[NH2+]C1CCCCCC1. The van der Waals surface area contributed by atoms with Gasteiger partial charge in [0.15, 0.2) is 0 Å². The summed E-state index contributed by atoms with van der Waals surface area (Å²) in [6.45, 7) is 3.43. The molecule has 1 fully saturated rings. The molecule has 15 heavy (non-hydrogen) atoms.